The Morgan fingerprint density at radius 2 is 1.97 bits per heavy atom. The van der Waals surface area contributed by atoms with Crippen LogP contribution in [-0.4, -0.2) is 60.0 Å². The van der Waals surface area contributed by atoms with Crippen LogP contribution in [0.4, 0.5) is 0 Å². The summed E-state index contributed by atoms with van der Waals surface area (Å²) in [4.78, 5) is 21.3. The Hall–Kier alpha value is -2.50. The van der Waals surface area contributed by atoms with Crippen molar-refractivity contribution in [1.82, 2.24) is 20.1 Å². The number of carbonyl (C=O) groups excluding carboxylic acids is 1. The fourth-order valence-electron chi connectivity index (χ4n) is 4.50. The summed E-state index contributed by atoms with van der Waals surface area (Å²) in [5.74, 6) is 0.128. The topological polar surface area (TPSA) is 48.5 Å². The van der Waals surface area contributed by atoms with Gasteiger partial charge in [-0.3, -0.25) is 19.6 Å². The summed E-state index contributed by atoms with van der Waals surface area (Å²) in [6.45, 7) is 4.34. The second-order valence-electron chi connectivity index (χ2n) is 8.79. The lowest BCUT2D eigenvalue weighted by Gasteiger charge is -2.32. The molecule has 30 heavy (non-hydrogen) atoms. The molecule has 1 aliphatic carbocycles. The Morgan fingerprint density at radius 3 is 2.70 bits per heavy atom. The zero-order valence-corrected chi connectivity index (χ0v) is 17.8. The number of likely N-dealkylation sites (tertiary alicyclic amines) is 1. The van der Waals surface area contributed by atoms with Crippen LogP contribution in [-0.2, 0) is 11.3 Å². The van der Waals surface area contributed by atoms with Crippen LogP contribution in [0.5, 0.6) is 0 Å². The number of carbonyl (C=O) groups is 1. The first-order valence-corrected chi connectivity index (χ1v) is 10.9. The minimum Gasteiger partial charge on any atom is -0.352 e. The molecule has 2 fully saturated rings. The zero-order chi connectivity index (χ0) is 20.8. The van der Waals surface area contributed by atoms with Crippen molar-refractivity contribution in [2.75, 3.05) is 33.2 Å². The maximum Gasteiger partial charge on any atom is 0.234 e. The van der Waals surface area contributed by atoms with Gasteiger partial charge in [0.1, 0.15) is 0 Å². The zero-order valence-electron chi connectivity index (χ0n) is 17.8. The van der Waals surface area contributed by atoms with Crippen molar-refractivity contribution < 1.29 is 4.79 Å². The van der Waals surface area contributed by atoms with Gasteiger partial charge in [0.25, 0.3) is 0 Å². The van der Waals surface area contributed by atoms with Gasteiger partial charge in [-0.05, 0) is 62.5 Å². The molecule has 1 saturated carbocycles. The molecule has 1 atom stereocenters. The van der Waals surface area contributed by atoms with Gasteiger partial charge in [0.15, 0.2) is 0 Å². The third kappa shape index (κ3) is 5.55. The third-order valence-electron chi connectivity index (χ3n) is 6.42. The van der Waals surface area contributed by atoms with Gasteiger partial charge < -0.3 is 5.32 Å². The molecular formula is C25H32N4O. The van der Waals surface area contributed by atoms with Crippen LogP contribution >= 0.6 is 0 Å². The van der Waals surface area contributed by atoms with Gasteiger partial charge >= 0.3 is 0 Å². The molecule has 1 aromatic heterocycles. The van der Waals surface area contributed by atoms with E-state index < -0.39 is 0 Å². The monoisotopic (exact) mass is 404 g/mol. The van der Waals surface area contributed by atoms with Gasteiger partial charge in [-0.1, -0.05) is 48.6 Å². The molecule has 1 amide bonds. The lowest BCUT2D eigenvalue weighted by molar-refractivity contribution is -0.122. The molecule has 1 spiro atoms. The van der Waals surface area contributed by atoms with Crippen LogP contribution in [0.1, 0.15) is 30.5 Å². The van der Waals surface area contributed by atoms with Crippen LogP contribution in [0, 0.1) is 5.41 Å². The van der Waals surface area contributed by atoms with Gasteiger partial charge in [-0.15, -0.1) is 0 Å². The highest BCUT2D eigenvalue weighted by Crippen LogP contribution is 2.53. The fraction of sp³-hybridized carbons (Fsp3) is 0.440. The number of likely N-dealkylation sites (N-methyl/N-ethyl adjacent to an activating group) is 1. The molecule has 1 N–H and O–H groups in total. The summed E-state index contributed by atoms with van der Waals surface area (Å²) >= 11 is 0. The molecule has 5 heteroatoms. The van der Waals surface area contributed by atoms with Crippen LogP contribution in [0.15, 0.2) is 60.8 Å². The van der Waals surface area contributed by atoms with E-state index in [2.05, 4.69) is 51.6 Å². The first-order valence-electron chi connectivity index (χ1n) is 10.9. The van der Waals surface area contributed by atoms with Crippen LogP contribution in [0.3, 0.4) is 0 Å². The number of nitrogens with zero attached hydrogens (tertiary/aromatic N) is 3. The van der Waals surface area contributed by atoms with E-state index in [1.165, 1.54) is 18.4 Å². The maximum atomic E-state index is 12.5. The normalized spacial score (nSPS) is 20.7. The lowest BCUT2D eigenvalue weighted by atomic mass is 9.92. The van der Waals surface area contributed by atoms with Gasteiger partial charge in [-0.25, -0.2) is 0 Å². The smallest absolute Gasteiger partial charge is 0.234 e. The minimum atomic E-state index is 0.128. The summed E-state index contributed by atoms with van der Waals surface area (Å²) in [7, 11) is 1.97. The predicted octanol–water partition coefficient (Wildman–Crippen LogP) is 3.20. The van der Waals surface area contributed by atoms with Crippen molar-refractivity contribution in [2.45, 2.75) is 31.8 Å². The highest BCUT2D eigenvalue weighted by Gasteiger charge is 2.55. The van der Waals surface area contributed by atoms with E-state index in [1.54, 1.807) is 6.20 Å². The highest BCUT2D eigenvalue weighted by molar-refractivity contribution is 5.78. The molecule has 1 unspecified atom stereocenters. The van der Waals surface area contributed by atoms with E-state index in [9.17, 15) is 4.79 Å². The Balaban J connectivity index is 1.16. The summed E-state index contributed by atoms with van der Waals surface area (Å²) in [5, 5.41) is 3.28. The van der Waals surface area contributed by atoms with Crippen molar-refractivity contribution in [3.63, 3.8) is 0 Å². The summed E-state index contributed by atoms with van der Waals surface area (Å²) < 4.78 is 0. The van der Waals surface area contributed by atoms with Gasteiger partial charge in [0.05, 0.1) is 12.2 Å². The number of hydrogen-bond donors (Lipinski definition) is 1. The average Bonchev–Trinajstić information content (AvgIpc) is 3.41. The Kier molecular flexibility index (Phi) is 6.60. The molecule has 1 aliphatic heterocycles. The molecule has 2 heterocycles. The van der Waals surface area contributed by atoms with Gasteiger partial charge in [-0.2, -0.15) is 0 Å². The Morgan fingerprint density at radius 1 is 1.20 bits per heavy atom. The van der Waals surface area contributed by atoms with Crippen molar-refractivity contribution >= 4 is 12.0 Å². The number of aromatic nitrogens is 1. The van der Waals surface area contributed by atoms with Crippen LogP contribution in [0.2, 0.25) is 0 Å². The molecule has 2 aliphatic rings. The first kappa shape index (κ1) is 20.8. The SMILES string of the molecule is CN(CC(=O)NC1CC12CCN(C/C=C/c1ccccc1)CC2)Cc1ccccn1. The quantitative estimate of drug-likeness (QED) is 0.734. The van der Waals surface area contributed by atoms with E-state index in [0.717, 1.165) is 31.7 Å². The van der Waals surface area contributed by atoms with E-state index in [-0.39, 0.29) is 5.91 Å². The summed E-state index contributed by atoms with van der Waals surface area (Å²) in [5.41, 5.74) is 2.59. The summed E-state index contributed by atoms with van der Waals surface area (Å²) in [6, 6.07) is 16.7. The second-order valence-corrected chi connectivity index (χ2v) is 8.79. The number of pyridine rings is 1. The van der Waals surface area contributed by atoms with Gasteiger partial charge in [0, 0.05) is 25.3 Å². The number of hydrogen-bond acceptors (Lipinski definition) is 4. The van der Waals surface area contributed by atoms with Crippen LogP contribution < -0.4 is 5.32 Å². The van der Waals surface area contributed by atoms with Crippen molar-refractivity contribution in [2.24, 2.45) is 5.41 Å². The summed E-state index contributed by atoms with van der Waals surface area (Å²) in [6.07, 6.45) is 9.75. The number of rotatable bonds is 8. The number of piperidine rings is 1. The van der Waals surface area contributed by atoms with Crippen LogP contribution in [0.25, 0.3) is 6.08 Å². The Labute approximate surface area is 179 Å². The molecule has 5 nitrogen and oxygen atoms in total. The maximum absolute atomic E-state index is 12.5. The standard InChI is InChI=1S/C25H32N4O/c1-28(19-22-11-5-6-14-26-22)20-24(30)27-23-18-25(23)12-16-29(17-13-25)15-7-10-21-8-3-2-4-9-21/h2-11,14,23H,12-13,15-20H2,1H3,(H,27,30)/b10-7+. The van der Waals surface area contributed by atoms with E-state index in [1.807, 2.05) is 36.2 Å². The average molecular weight is 405 g/mol. The number of amides is 1. The van der Waals surface area contributed by atoms with Crippen molar-refractivity contribution in [3.8, 4) is 0 Å². The van der Waals surface area contributed by atoms with Gasteiger partial charge in [0.2, 0.25) is 5.91 Å². The molecule has 1 aromatic carbocycles. The predicted molar refractivity (Wildman–Crippen MR) is 121 cm³/mol. The molecule has 2 aromatic rings. The largest absolute Gasteiger partial charge is 0.352 e. The lowest BCUT2D eigenvalue weighted by Crippen LogP contribution is -2.41. The molecule has 158 valence electrons. The Bertz CT molecular complexity index is 844. The third-order valence-corrected chi connectivity index (χ3v) is 6.42. The second kappa shape index (κ2) is 9.54. The minimum absolute atomic E-state index is 0.128. The molecule has 0 bridgehead atoms. The number of benzene rings is 1. The first-order chi connectivity index (χ1) is 14.6. The molecule has 1 saturated heterocycles. The molecule has 4 rings (SSSR count). The van der Waals surface area contributed by atoms with Crippen molar-refractivity contribution in [3.05, 3.63) is 72.1 Å². The van der Waals surface area contributed by atoms with E-state index >= 15 is 0 Å². The number of nitrogens with one attached hydrogen (secondary N) is 1. The molecule has 0 radical (unpaired) electrons. The van der Waals surface area contributed by atoms with Crippen molar-refractivity contribution in [1.29, 1.82) is 0 Å². The molecular weight excluding hydrogens is 372 g/mol. The van der Waals surface area contributed by atoms with E-state index in [0.29, 0.717) is 24.5 Å². The highest BCUT2D eigenvalue weighted by atomic mass is 16.2. The fourth-order valence-corrected chi connectivity index (χ4v) is 4.50. The van der Waals surface area contributed by atoms with E-state index in [4.69, 9.17) is 0 Å².